The summed E-state index contributed by atoms with van der Waals surface area (Å²) in [7, 11) is 0. The molecule has 0 radical (unpaired) electrons. The standard InChI is InChI=1S/C15H17N5O2S/c1-10-4-2-3-5-12(10)20-9-16-19-15(20)23-8-13(21)18-14(22)17-11-6-7-11/h2-5,9,11H,6-8H2,1H3,(H2,17,18,21,22). The number of imide groups is 1. The van der Waals surface area contributed by atoms with E-state index < -0.39 is 6.03 Å². The van der Waals surface area contributed by atoms with E-state index in [1.807, 2.05) is 35.8 Å². The van der Waals surface area contributed by atoms with Gasteiger partial charge in [-0.25, -0.2) is 4.79 Å². The second kappa shape index (κ2) is 6.82. The monoisotopic (exact) mass is 331 g/mol. The van der Waals surface area contributed by atoms with Crippen LogP contribution >= 0.6 is 11.8 Å². The highest BCUT2D eigenvalue weighted by Gasteiger charge is 2.24. The summed E-state index contributed by atoms with van der Waals surface area (Å²) in [5.74, 6) is -0.254. The van der Waals surface area contributed by atoms with Crippen molar-refractivity contribution in [3.05, 3.63) is 36.2 Å². The minimum absolute atomic E-state index is 0.0999. The highest BCUT2D eigenvalue weighted by atomic mass is 32.2. The fraction of sp³-hybridized carbons (Fsp3) is 0.333. The molecule has 3 amide bonds. The quantitative estimate of drug-likeness (QED) is 0.813. The molecule has 0 unspecified atom stereocenters. The van der Waals surface area contributed by atoms with Crippen molar-refractivity contribution < 1.29 is 9.59 Å². The molecular formula is C15H17N5O2S. The molecule has 2 N–H and O–H groups in total. The molecule has 2 aromatic rings. The van der Waals surface area contributed by atoms with Crippen molar-refractivity contribution >= 4 is 23.7 Å². The predicted octanol–water partition coefficient (Wildman–Crippen LogP) is 1.66. The second-order valence-corrected chi connectivity index (χ2v) is 6.30. The maximum absolute atomic E-state index is 11.8. The molecule has 1 aromatic carbocycles. The van der Waals surface area contributed by atoms with E-state index in [4.69, 9.17) is 0 Å². The highest BCUT2D eigenvalue weighted by Crippen LogP contribution is 2.21. The summed E-state index contributed by atoms with van der Waals surface area (Å²) < 4.78 is 1.83. The summed E-state index contributed by atoms with van der Waals surface area (Å²) >= 11 is 1.24. The summed E-state index contributed by atoms with van der Waals surface area (Å²) in [5.41, 5.74) is 2.05. The number of nitrogens with one attached hydrogen (secondary N) is 2. The number of nitrogens with zero attached hydrogens (tertiary/aromatic N) is 3. The maximum Gasteiger partial charge on any atom is 0.321 e. The van der Waals surface area contributed by atoms with Crippen LogP contribution in [-0.4, -0.2) is 38.5 Å². The average molecular weight is 331 g/mol. The van der Waals surface area contributed by atoms with E-state index in [1.165, 1.54) is 11.8 Å². The third-order valence-electron chi connectivity index (χ3n) is 3.39. The summed E-state index contributed by atoms with van der Waals surface area (Å²) in [5, 5.41) is 13.6. The van der Waals surface area contributed by atoms with Gasteiger partial charge in [0.15, 0.2) is 5.16 Å². The van der Waals surface area contributed by atoms with Gasteiger partial charge < -0.3 is 5.32 Å². The van der Waals surface area contributed by atoms with Gasteiger partial charge >= 0.3 is 6.03 Å². The van der Waals surface area contributed by atoms with E-state index in [1.54, 1.807) is 6.33 Å². The number of hydrogen-bond acceptors (Lipinski definition) is 5. The molecule has 0 atom stereocenters. The molecule has 1 aliphatic rings. The Hall–Kier alpha value is -2.35. The molecule has 1 aromatic heterocycles. The lowest BCUT2D eigenvalue weighted by atomic mass is 10.2. The Morgan fingerprint density at radius 1 is 1.35 bits per heavy atom. The zero-order chi connectivity index (χ0) is 16.2. The van der Waals surface area contributed by atoms with E-state index in [0.29, 0.717) is 5.16 Å². The van der Waals surface area contributed by atoms with Crippen molar-refractivity contribution in [3.63, 3.8) is 0 Å². The van der Waals surface area contributed by atoms with Gasteiger partial charge in [-0.1, -0.05) is 30.0 Å². The van der Waals surface area contributed by atoms with Crippen LogP contribution in [0.15, 0.2) is 35.7 Å². The number of amides is 3. The van der Waals surface area contributed by atoms with Crippen LogP contribution in [0.1, 0.15) is 18.4 Å². The zero-order valence-electron chi connectivity index (χ0n) is 12.7. The molecule has 120 valence electrons. The van der Waals surface area contributed by atoms with Crippen LogP contribution in [0.25, 0.3) is 5.69 Å². The summed E-state index contributed by atoms with van der Waals surface area (Å²) in [4.78, 5) is 23.3. The van der Waals surface area contributed by atoms with E-state index >= 15 is 0 Å². The average Bonchev–Trinajstić information content (AvgIpc) is 3.20. The van der Waals surface area contributed by atoms with E-state index in [9.17, 15) is 9.59 Å². The number of urea groups is 1. The van der Waals surface area contributed by atoms with Gasteiger partial charge in [0, 0.05) is 6.04 Å². The molecule has 1 saturated carbocycles. The van der Waals surface area contributed by atoms with E-state index in [-0.39, 0.29) is 17.7 Å². The minimum atomic E-state index is -0.432. The SMILES string of the molecule is Cc1ccccc1-n1cnnc1SCC(=O)NC(=O)NC1CC1. The largest absolute Gasteiger partial charge is 0.335 e. The number of para-hydroxylation sites is 1. The Bertz CT molecular complexity index is 726. The second-order valence-electron chi connectivity index (χ2n) is 5.35. The smallest absolute Gasteiger partial charge is 0.321 e. The molecule has 0 spiro atoms. The van der Waals surface area contributed by atoms with Crippen molar-refractivity contribution in [2.75, 3.05) is 5.75 Å². The number of hydrogen-bond donors (Lipinski definition) is 2. The third-order valence-corrected chi connectivity index (χ3v) is 4.33. The van der Waals surface area contributed by atoms with Crippen LogP contribution in [0.5, 0.6) is 0 Å². The summed E-state index contributed by atoms with van der Waals surface area (Å²) in [6.07, 6.45) is 3.58. The minimum Gasteiger partial charge on any atom is -0.335 e. The molecule has 1 aliphatic carbocycles. The van der Waals surface area contributed by atoms with Crippen molar-refractivity contribution in [2.24, 2.45) is 0 Å². The summed E-state index contributed by atoms with van der Waals surface area (Å²) in [6.45, 7) is 2.00. The molecule has 1 heterocycles. The number of rotatable bonds is 5. The molecule has 1 fully saturated rings. The van der Waals surface area contributed by atoms with Gasteiger partial charge in [-0.15, -0.1) is 10.2 Å². The highest BCUT2D eigenvalue weighted by molar-refractivity contribution is 7.99. The van der Waals surface area contributed by atoms with Crippen molar-refractivity contribution in [2.45, 2.75) is 31.0 Å². The van der Waals surface area contributed by atoms with Gasteiger partial charge in [0.2, 0.25) is 5.91 Å². The number of aryl methyl sites for hydroxylation is 1. The van der Waals surface area contributed by atoms with Gasteiger partial charge in [-0.2, -0.15) is 0 Å². The van der Waals surface area contributed by atoms with Crippen LogP contribution in [0.2, 0.25) is 0 Å². The predicted molar refractivity (Wildman–Crippen MR) is 86.5 cm³/mol. The first-order valence-corrected chi connectivity index (χ1v) is 8.31. The number of carbonyl (C=O) groups is 2. The van der Waals surface area contributed by atoms with Crippen LogP contribution in [0, 0.1) is 6.92 Å². The van der Waals surface area contributed by atoms with Crippen LogP contribution in [-0.2, 0) is 4.79 Å². The Kier molecular flexibility index (Phi) is 4.61. The first-order chi connectivity index (χ1) is 11.1. The number of thioether (sulfide) groups is 1. The van der Waals surface area contributed by atoms with Gasteiger partial charge in [0.1, 0.15) is 6.33 Å². The lowest BCUT2D eigenvalue weighted by molar-refractivity contribution is -0.117. The van der Waals surface area contributed by atoms with Gasteiger partial charge in [0.05, 0.1) is 11.4 Å². The Balaban J connectivity index is 1.58. The van der Waals surface area contributed by atoms with Gasteiger partial charge in [0.25, 0.3) is 0 Å². The Labute approximate surface area is 137 Å². The molecule has 0 saturated heterocycles. The lowest BCUT2D eigenvalue weighted by Gasteiger charge is -2.09. The van der Waals surface area contributed by atoms with Crippen molar-refractivity contribution in [1.29, 1.82) is 0 Å². The summed E-state index contributed by atoms with van der Waals surface area (Å²) in [6, 6.07) is 7.65. The fourth-order valence-corrected chi connectivity index (χ4v) is 2.79. The molecule has 7 nitrogen and oxygen atoms in total. The first kappa shape index (κ1) is 15.5. The molecule has 0 bridgehead atoms. The molecule has 8 heteroatoms. The Morgan fingerprint density at radius 3 is 2.87 bits per heavy atom. The van der Waals surface area contributed by atoms with Crippen LogP contribution in [0.3, 0.4) is 0 Å². The fourth-order valence-electron chi connectivity index (χ4n) is 2.06. The number of aromatic nitrogens is 3. The van der Waals surface area contributed by atoms with E-state index in [2.05, 4.69) is 20.8 Å². The van der Waals surface area contributed by atoms with Crippen LogP contribution < -0.4 is 10.6 Å². The Morgan fingerprint density at radius 2 is 2.13 bits per heavy atom. The zero-order valence-corrected chi connectivity index (χ0v) is 13.5. The lowest BCUT2D eigenvalue weighted by Crippen LogP contribution is -2.41. The third kappa shape index (κ3) is 4.10. The molecule has 0 aliphatic heterocycles. The van der Waals surface area contributed by atoms with Crippen LogP contribution in [0.4, 0.5) is 4.79 Å². The molecule has 3 rings (SSSR count). The number of benzene rings is 1. The van der Waals surface area contributed by atoms with E-state index in [0.717, 1.165) is 24.1 Å². The normalized spacial score (nSPS) is 13.6. The van der Waals surface area contributed by atoms with Gasteiger partial charge in [-0.05, 0) is 31.4 Å². The molecule has 23 heavy (non-hydrogen) atoms. The van der Waals surface area contributed by atoms with Gasteiger partial charge in [-0.3, -0.25) is 14.7 Å². The topological polar surface area (TPSA) is 88.9 Å². The van der Waals surface area contributed by atoms with Crippen molar-refractivity contribution in [3.8, 4) is 5.69 Å². The number of carbonyl (C=O) groups excluding carboxylic acids is 2. The maximum atomic E-state index is 11.8. The first-order valence-electron chi connectivity index (χ1n) is 7.32. The molecular weight excluding hydrogens is 314 g/mol. The van der Waals surface area contributed by atoms with Crippen molar-refractivity contribution in [1.82, 2.24) is 25.4 Å².